The summed E-state index contributed by atoms with van der Waals surface area (Å²) in [6.45, 7) is 0. The SMILES string of the molecule is CN(C)c1ccncc1NC(=O)c1cccc(Br)c1F. The largest absolute Gasteiger partial charge is 0.376 e. The van der Waals surface area contributed by atoms with E-state index in [2.05, 4.69) is 26.2 Å². The van der Waals surface area contributed by atoms with Crippen LogP contribution in [-0.4, -0.2) is 25.0 Å². The lowest BCUT2D eigenvalue weighted by Gasteiger charge is -2.17. The number of aromatic nitrogens is 1. The number of nitrogens with one attached hydrogen (secondary N) is 1. The highest BCUT2D eigenvalue weighted by Crippen LogP contribution is 2.24. The van der Waals surface area contributed by atoms with Crippen LogP contribution in [0.5, 0.6) is 0 Å². The number of carbonyl (C=O) groups is 1. The Labute approximate surface area is 124 Å². The zero-order chi connectivity index (χ0) is 14.7. The van der Waals surface area contributed by atoms with Crippen molar-refractivity contribution in [3.05, 3.63) is 52.5 Å². The molecular formula is C14H13BrFN3O. The average molecular weight is 338 g/mol. The first-order valence-electron chi connectivity index (χ1n) is 5.87. The van der Waals surface area contributed by atoms with Gasteiger partial charge in [0.15, 0.2) is 0 Å². The van der Waals surface area contributed by atoms with Crippen LogP contribution in [0.1, 0.15) is 10.4 Å². The Kier molecular flexibility index (Phi) is 4.34. The number of pyridine rings is 1. The molecule has 0 saturated heterocycles. The van der Waals surface area contributed by atoms with Crippen LogP contribution in [0, 0.1) is 5.82 Å². The number of rotatable bonds is 3. The lowest BCUT2D eigenvalue weighted by Crippen LogP contribution is -2.18. The highest BCUT2D eigenvalue weighted by Gasteiger charge is 2.15. The van der Waals surface area contributed by atoms with Gasteiger partial charge in [-0.15, -0.1) is 0 Å². The second-order valence-electron chi connectivity index (χ2n) is 4.34. The molecule has 0 aliphatic heterocycles. The first kappa shape index (κ1) is 14.5. The molecule has 1 aromatic carbocycles. The first-order valence-corrected chi connectivity index (χ1v) is 6.66. The lowest BCUT2D eigenvalue weighted by molar-refractivity contribution is 0.102. The number of amides is 1. The summed E-state index contributed by atoms with van der Waals surface area (Å²) >= 11 is 3.06. The van der Waals surface area contributed by atoms with E-state index in [-0.39, 0.29) is 10.0 Å². The third kappa shape index (κ3) is 2.96. The van der Waals surface area contributed by atoms with Crippen molar-refractivity contribution in [2.45, 2.75) is 0 Å². The van der Waals surface area contributed by atoms with Crippen LogP contribution in [0.4, 0.5) is 15.8 Å². The van der Waals surface area contributed by atoms with E-state index in [1.807, 2.05) is 19.0 Å². The van der Waals surface area contributed by atoms with E-state index in [1.165, 1.54) is 12.3 Å². The van der Waals surface area contributed by atoms with Crippen molar-refractivity contribution in [3.8, 4) is 0 Å². The quantitative estimate of drug-likeness (QED) is 0.934. The van der Waals surface area contributed by atoms with E-state index in [4.69, 9.17) is 0 Å². The molecule has 0 bridgehead atoms. The monoisotopic (exact) mass is 337 g/mol. The van der Waals surface area contributed by atoms with Crippen molar-refractivity contribution in [2.24, 2.45) is 0 Å². The molecule has 6 heteroatoms. The molecule has 20 heavy (non-hydrogen) atoms. The van der Waals surface area contributed by atoms with E-state index >= 15 is 0 Å². The Morgan fingerprint density at radius 3 is 2.80 bits per heavy atom. The van der Waals surface area contributed by atoms with Gasteiger partial charge in [0, 0.05) is 20.3 Å². The summed E-state index contributed by atoms with van der Waals surface area (Å²) in [7, 11) is 3.70. The molecule has 0 aliphatic rings. The van der Waals surface area contributed by atoms with Crippen LogP contribution in [0.3, 0.4) is 0 Å². The van der Waals surface area contributed by atoms with Crippen molar-refractivity contribution < 1.29 is 9.18 Å². The van der Waals surface area contributed by atoms with Crippen LogP contribution in [0.25, 0.3) is 0 Å². The number of benzene rings is 1. The molecule has 1 heterocycles. The maximum atomic E-state index is 13.9. The van der Waals surface area contributed by atoms with Gasteiger partial charge in [0.05, 0.1) is 27.6 Å². The van der Waals surface area contributed by atoms with Crippen molar-refractivity contribution in [2.75, 3.05) is 24.3 Å². The number of nitrogens with zero attached hydrogens (tertiary/aromatic N) is 2. The Morgan fingerprint density at radius 2 is 2.10 bits per heavy atom. The molecule has 0 spiro atoms. The molecule has 0 fully saturated rings. The molecule has 104 valence electrons. The molecule has 0 unspecified atom stereocenters. The van der Waals surface area contributed by atoms with Gasteiger partial charge in [-0.25, -0.2) is 4.39 Å². The van der Waals surface area contributed by atoms with E-state index in [0.29, 0.717) is 5.69 Å². The number of anilines is 2. The molecule has 2 aromatic rings. The van der Waals surface area contributed by atoms with Gasteiger partial charge >= 0.3 is 0 Å². The van der Waals surface area contributed by atoms with E-state index in [9.17, 15) is 9.18 Å². The van der Waals surface area contributed by atoms with Crippen LogP contribution in [0.2, 0.25) is 0 Å². The lowest BCUT2D eigenvalue weighted by atomic mass is 10.2. The predicted molar refractivity (Wildman–Crippen MR) is 80.6 cm³/mol. The fourth-order valence-corrected chi connectivity index (χ4v) is 2.11. The Balaban J connectivity index is 2.31. The molecule has 0 aliphatic carbocycles. The van der Waals surface area contributed by atoms with Gasteiger partial charge in [0.1, 0.15) is 5.82 Å². The summed E-state index contributed by atoms with van der Waals surface area (Å²) < 4.78 is 14.1. The van der Waals surface area contributed by atoms with E-state index in [1.54, 1.807) is 24.4 Å². The smallest absolute Gasteiger partial charge is 0.258 e. The Morgan fingerprint density at radius 1 is 1.35 bits per heavy atom. The Bertz CT molecular complexity index is 646. The topological polar surface area (TPSA) is 45.2 Å². The van der Waals surface area contributed by atoms with Crippen LogP contribution >= 0.6 is 15.9 Å². The third-order valence-electron chi connectivity index (χ3n) is 2.72. The van der Waals surface area contributed by atoms with Crippen LogP contribution < -0.4 is 10.2 Å². The summed E-state index contributed by atoms with van der Waals surface area (Å²) in [5.41, 5.74) is 1.30. The van der Waals surface area contributed by atoms with Crippen molar-refractivity contribution in [1.29, 1.82) is 0 Å². The number of halogens is 2. The zero-order valence-electron chi connectivity index (χ0n) is 11.0. The summed E-state index contributed by atoms with van der Waals surface area (Å²) in [4.78, 5) is 18.0. The van der Waals surface area contributed by atoms with Crippen LogP contribution in [0.15, 0.2) is 41.1 Å². The molecule has 1 N–H and O–H groups in total. The molecule has 1 amide bonds. The van der Waals surface area contributed by atoms with E-state index < -0.39 is 11.7 Å². The van der Waals surface area contributed by atoms with Crippen molar-refractivity contribution in [1.82, 2.24) is 4.98 Å². The van der Waals surface area contributed by atoms with Gasteiger partial charge in [-0.05, 0) is 34.1 Å². The van der Waals surface area contributed by atoms with Crippen LogP contribution in [-0.2, 0) is 0 Å². The minimum absolute atomic E-state index is 0.0204. The third-order valence-corrected chi connectivity index (χ3v) is 3.34. The van der Waals surface area contributed by atoms with Gasteiger partial charge in [0.25, 0.3) is 5.91 Å². The number of carbonyl (C=O) groups excluding carboxylic acids is 1. The summed E-state index contributed by atoms with van der Waals surface area (Å²) in [6, 6.07) is 6.35. The second-order valence-corrected chi connectivity index (χ2v) is 5.20. The van der Waals surface area contributed by atoms with Gasteiger partial charge in [-0.3, -0.25) is 9.78 Å². The normalized spacial score (nSPS) is 10.2. The minimum atomic E-state index is -0.583. The fourth-order valence-electron chi connectivity index (χ4n) is 1.74. The molecule has 1 aromatic heterocycles. The summed E-state index contributed by atoms with van der Waals surface area (Å²) in [5, 5.41) is 2.67. The van der Waals surface area contributed by atoms with Crippen molar-refractivity contribution in [3.63, 3.8) is 0 Å². The minimum Gasteiger partial charge on any atom is -0.376 e. The van der Waals surface area contributed by atoms with Gasteiger partial charge in [-0.1, -0.05) is 6.07 Å². The summed E-state index contributed by atoms with van der Waals surface area (Å²) in [6.07, 6.45) is 3.16. The molecule has 0 saturated carbocycles. The average Bonchev–Trinajstić information content (AvgIpc) is 2.42. The molecular weight excluding hydrogens is 325 g/mol. The summed E-state index contributed by atoms with van der Waals surface area (Å²) in [5.74, 6) is -1.10. The molecule has 2 rings (SSSR count). The second kappa shape index (κ2) is 6.00. The van der Waals surface area contributed by atoms with Gasteiger partial charge < -0.3 is 10.2 Å². The van der Waals surface area contributed by atoms with Gasteiger partial charge in [0.2, 0.25) is 0 Å². The van der Waals surface area contributed by atoms with Gasteiger partial charge in [-0.2, -0.15) is 0 Å². The highest BCUT2D eigenvalue weighted by atomic mass is 79.9. The predicted octanol–water partition coefficient (Wildman–Crippen LogP) is 3.30. The highest BCUT2D eigenvalue weighted by molar-refractivity contribution is 9.10. The first-order chi connectivity index (χ1) is 9.50. The zero-order valence-corrected chi connectivity index (χ0v) is 12.6. The van der Waals surface area contributed by atoms with Crippen molar-refractivity contribution >= 4 is 33.2 Å². The molecule has 0 radical (unpaired) electrons. The maximum Gasteiger partial charge on any atom is 0.258 e. The number of hydrogen-bond donors (Lipinski definition) is 1. The van der Waals surface area contributed by atoms with E-state index in [0.717, 1.165) is 5.69 Å². The Hall–Kier alpha value is -1.95. The molecule has 0 atom stereocenters. The number of hydrogen-bond acceptors (Lipinski definition) is 3. The fraction of sp³-hybridized carbons (Fsp3) is 0.143. The maximum absolute atomic E-state index is 13.9. The molecule has 4 nitrogen and oxygen atoms in total. The standard InChI is InChI=1S/C14H13BrFN3O/c1-19(2)12-6-7-17-8-11(12)18-14(20)9-4-3-5-10(15)13(9)16/h3-8H,1-2H3,(H,18,20).